The molecular weight excluding hydrogens is 392 g/mol. The molecular formula is C18H17ClN2O3S2. The van der Waals surface area contributed by atoms with Crippen LogP contribution in [0.1, 0.15) is 22.2 Å². The first kappa shape index (κ1) is 18.7. The summed E-state index contributed by atoms with van der Waals surface area (Å²) in [6, 6.07) is 7.52. The van der Waals surface area contributed by atoms with Gasteiger partial charge in [0.25, 0.3) is 5.91 Å². The average Bonchev–Trinajstić information content (AvgIpc) is 3.32. The zero-order valence-electron chi connectivity index (χ0n) is 14.2. The third kappa shape index (κ3) is 4.17. The zero-order chi connectivity index (χ0) is 18.5. The molecule has 0 radical (unpaired) electrons. The number of ether oxygens (including phenoxy) is 2. The van der Waals surface area contributed by atoms with E-state index >= 15 is 0 Å². The molecule has 0 saturated carbocycles. The van der Waals surface area contributed by atoms with Crippen LogP contribution in [0.3, 0.4) is 0 Å². The number of benzene rings is 1. The first-order valence-electron chi connectivity index (χ1n) is 7.89. The van der Waals surface area contributed by atoms with Crippen molar-refractivity contribution in [3.05, 3.63) is 51.3 Å². The van der Waals surface area contributed by atoms with Gasteiger partial charge in [-0.2, -0.15) is 0 Å². The first-order valence-corrected chi connectivity index (χ1v) is 9.97. The molecule has 3 rings (SSSR count). The van der Waals surface area contributed by atoms with Crippen LogP contribution in [0.5, 0.6) is 11.5 Å². The van der Waals surface area contributed by atoms with E-state index < -0.39 is 0 Å². The van der Waals surface area contributed by atoms with E-state index in [-0.39, 0.29) is 5.91 Å². The molecule has 0 aliphatic carbocycles. The van der Waals surface area contributed by atoms with Gasteiger partial charge in [0.05, 0.1) is 29.8 Å². The van der Waals surface area contributed by atoms with Crippen LogP contribution in [0.2, 0.25) is 5.02 Å². The number of nitrogens with one attached hydrogen (secondary N) is 1. The molecule has 3 aromatic rings. The summed E-state index contributed by atoms with van der Waals surface area (Å²) < 4.78 is 10.8. The van der Waals surface area contributed by atoms with Crippen molar-refractivity contribution in [2.45, 2.75) is 13.5 Å². The van der Waals surface area contributed by atoms with E-state index in [4.69, 9.17) is 21.1 Å². The highest BCUT2D eigenvalue weighted by Crippen LogP contribution is 2.36. The summed E-state index contributed by atoms with van der Waals surface area (Å²) in [6.07, 6.45) is 1.60. The Balaban J connectivity index is 1.69. The Morgan fingerprint density at radius 2 is 2.23 bits per heavy atom. The number of rotatable bonds is 7. The van der Waals surface area contributed by atoms with E-state index in [1.165, 1.54) is 11.3 Å². The van der Waals surface area contributed by atoms with Gasteiger partial charge in [0.2, 0.25) is 0 Å². The van der Waals surface area contributed by atoms with Crippen molar-refractivity contribution in [3.8, 4) is 21.4 Å². The highest BCUT2D eigenvalue weighted by atomic mass is 35.5. The van der Waals surface area contributed by atoms with Crippen LogP contribution in [0.15, 0.2) is 35.8 Å². The van der Waals surface area contributed by atoms with Crippen LogP contribution >= 0.6 is 34.3 Å². The second-order valence-corrected chi connectivity index (χ2v) is 7.62. The van der Waals surface area contributed by atoms with Crippen LogP contribution < -0.4 is 14.8 Å². The predicted molar refractivity (Wildman–Crippen MR) is 106 cm³/mol. The molecule has 136 valence electrons. The van der Waals surface area contributed by atoms with Gasteiger partial charge in [0.15, 0.2) is 11.5 Å². The second-order valence-electron chi connectivity index (χ2n) is 5.23. The van der Waals surface area contributed by atoms with Crippen LogP contribution in [0, 0.1) is 0 Å². The van der Waals surface area contributed by atoms with Crippen molar-refractivity contribution in [3.63, 3.8) is 0 Å². The molecule has 0 bridgehead atoms. The highest BCUT2D eigenvalue weighted by Gasteiger charge is 2.14. The summed E-state index contributed by atoms with van der Waals surface area (Å²) in [6.45, 7) is 2.70. The van der Waals surface area contributed by atoms with Crippen molar-refractivity contribution in [2.75, 3.05) is 13.7 Å². The minimum Gasteiger partial charge on any atom is -0.493 e. The van der Waals surface area contributed by atoms with Crippen LogP contribution in [-0.2, 0) is 6.54 Å². The van der Waals surface area contributed by atoms with E-state index in [0.29, 0.717) is 34.6 Å². The monoisotopic (exact) mass is 408 g/mol. The van der Waals surface area contributed by atoms with Gasteiger partial charge in [-0.3, -0.25) is 4.79 Å². The summed E-state index contributed by atoms with van der Waals surface area (Å²) in [7, 11) is 1.56. The minimum atomic E-state index is -0.172. The molecule has 8 heteroatoms. The molecule has 1 N–H and O–H groups in total. The number of nitrogens with zero attached hydrogens (tertiary/aromatic N) is 1. The van der Waals surface area contributed by atoms with E-state index in [1.54, 1.807) is 36.8 Å². The number of amides is 1. The third-order valence-electron chi connectivity index (χ3n) is 3.49. The second kappa shape index (κ2) is 8.53. The Labute approximate surface area is 164 Å². The lowest BCUT2D eigenvalue weighted by molar-refractivity contribution is 0.0954. The van der Waals surface area contributed by atoms with Gasteiger partial charge in [0, 0.05) is 6.54 Å². The van der Waals surface area contributed by atoms with Crippen molar-refractivity contribution in [2.24, 2.45) is 0 Å². The molecule has 0 saturated heterocycles. The van der Waals surface area contributed by atoms with Crippen molar-refractivity contribution < 1.29 is 14.3 Å². The molecule has 0 aliphatic heterocycles. The maximum atomic E-state index is 12.4. The molecule has 0 atom stereocenters. The largest absolute Gasteiger partial charge is 0.493 e. The first-order chi connectivity index (χ1) is 12.6. The van der Waals surface area contributed by atoms with E-state index in [0.717, 1.165) is 15.4 Å². The van der Waals surface area contributed by atoms with Gasteiger partial charge >= 0.3 is 0 Å². The van der Waals surface area contributed by atoms with E-state index in [2.05, 4.69) is 10.3 Å². The summed E-state index contributed by atoms with van der Waals surface area (Å²) in [4.78, 5) is 18.3. The standard InChI is InChI=1S/C18H17ClN2O3S2/c1-3-24-16-12(19)7-11(8-13(16)23-2)9-20-17(22)15-10-21-18(26-15)14-5-4-6-25-14/h4-8,10H,3,9H2,1-2H3,(H,20,22). The Hall–Kier alpha value is -2.09. The zero-order valence-corrected chi connectivity index (χ0v) is 16.6. The quantitative estimate of drug-likeness (QED) is 0.606. The Morgan fingerprint density at radius 1 is 1.38 bits per heavy atom. The summed E-state index contributed by atoms with van der Waals surface area (Å²) in [5.41, 5.74) is 0.826. The molecule has 0 spiro atoms. The van der Waals surface area contributed by atoms with Crippen molar-refractivity contribution in [1.29, 1.82) is 0 Å². The molecule has 5 nitrogen and oxygen atoms in total. The topological polar surface area (TPSA) is 60.5 Å². The Kier molecular flexibility index (Phi) is 6.13. The Bertz CT molecular complexity index is 894. The van der Waals surface area contributed by atoms with Gasteiger partial charge in [-0.1, -0.05) is 17.7 Å². The summed E-state index contributed by atoms with van der Waals surface area (Å²) in [5, 5.41) is 6.16. The molecule has 0 unspecified atom stereocenters. The minimum absolute atomic E-state index is 0.172. The van der Waals surface area contributed by atoms with E-state index in [9.17, 15) is 4.79 Å². The van der Waals surface area contributed by atoms with Gasteiger partial charge in [-0.15, -0.1) is 22.7 Å². The molecule has 0 aliphatic rings. The normalized spacial score (nSPS) is 10.6. The number of carbonyl (C=O) groups excluding carboxylic acids is 1. The Morgan fingerprint density at radius 3 is 2.92 bits per heavy atom. The number of hydrogen-bond donors (Lipinski definition) is 1. The van der Waals surface area contributed by atoms with Gasteiger partial charge in [-0.05, 0) is 36.1 Å². The fourth-order valence-corrected chi connectivity index (χ4v) is 4.25. The van der Waals surface area contributed by atoms with Crippen molar-refractivity contribution in [1.82, 2.24) is 10.3 Å². The molecule has 1 amide bonds. The van der Waals surface area contributed by atoms with Gasteiger partial charge in [0.1, 0.15) is 9.88 Å². The maximum absolute atomic E-state index is 12.4. The fourth-order valence-electron chi connectivity index (χ4n) is 2.32. The SMILES string of the molecule is CCOc1c(Cl)cc(CNC(=O)c2cnc(-c3cccs3)s2)cc1OC. The number of methoxy groups -OCH3 is 1. The fraction of sp³-hybridized carbons (Fsp3) is 0.222. The average molecular weight is 409 g/mol. The third-order valence-corrected chi connectivity index (χ3v) is 5.81. The van der Waals surface area contributed by atoms with E-state index in [1.807, 2.05) is 24.4 Å². The predicted octanol–water partition coefficient (Wildman–Crippen LogP) is 4.86. The lowest BCUT2D eigenvalue weighted by atomic mass is 10.2. The number of thiophene rings is 1. The number of halogens is 1. The molecule has 2 aromatic heterocycles. The number of hydrogen-bond acceptors (Lipinski definition) is 6. The summed E-state index contributed by atoms with van der Waals surface area (Å²) in [5.74, 6) is 0.880. The van der Waals surface area contributed by atoms with Gasteiger partial charge < -0.3 is 14.8 Å². The van der Waals surface area contributed by atoms with Crippen LogP contribution in [0.4, 0.5) is 0 Å². The van der Waals surface area contributed by atoms with Crippen LogP contribution in [-0.4, -0.2) is 24.6 Å². The molecule has 0 fully saturated rings. The van der Waals surface area contributed by atoms with Crippen molar-refractivity contribution >= 4 is 40.2 Å². The number of aromatic nitrogens is 1. The molecule has 26 heavy (non-hydrogen) atoms. The van der Waals surface area contributed by atoms with Crippen LogP contribution in [0.25, 0.3) is 9.88 Å². The molecule has 1 aromatic carbocycles. The summed E-state index contributed by atoms with van der Waals surface area (Å²) >= 11 is 9.23. The highest BCUT2D eigenvalue weighted by molar-refractivity contribution is 7.21. The molecule has 2 heterocycles. The lowest BCUT2D eigenvalue weighted by Gasteiger charge is -2.13. The smallest absolute Gasteiger partial charge is 0.263 e. The number of carbonyl (C=O) groups is 1. The van der Waals surface area contributed by atoms with Gasteiger partial charge in [-0.25, -0.2) is 4.98 Å². The maximum Gasteiger partial charge on any atom is 0.263 e. The number of thiazole rings is 1. The lowest BCUT2D eigenvalue weighted by Crippen LogP contribution is -2.21.